The first kappa shape index (κ1) is 14.6. The van der Waals surface area contributed by atoms with Crippen molar-refractivity contribution in [3.05, 3.63) is 29.8 Å². The van der Waals surface area contributed by atoms with Gasteiger partial charge in [0.2, 0.25) is 5.91 Å². The fourth-order valence-electron chi connectivity index (χ4n) is 1.47. The average Bonchev–Trinajstić information content (AvgIpc) is 2.27. The number of amides is 1. The van der Waals surface area contributed by atoms with E-state index < -0.39 is 0 Å². The zero-order valence-corrected chi connectivity index (χ0v) is 11.7. The van der Waals surface area contributed by atoms with E-state index in [0.717, 1.165) is 5.56 Å². The Morgan fingerprint density at radius 1 is 1.28 bits per heavy atom. The molecule has 0 spiro atoms. The van der Waals surface area contributed by atoms with Gasteiger partial charge in [0.15, 0.2) is 0 Å². The molecule has 1 rings (SSSR count). The van der Waals surface area contributed by atoms with Gasteiger partial charge in [-0.2, -0.15) is 0 Å². The normalized spacial score (nSPS) is 13.1. The molecule has 0 heterocycles. The maximum Gasteiger partial charge on any atom is 0.220 e. The molecule has 0 bridgehead atoms. The maximum atomic E-state index is 11.8. The minimum absolute atomic E-state index is 0.0745. The minimum atomic E-state index is 0.0745. The molecule has 3 heteroatoms. The van der Waals surface area contributed by atoms with E-state index in [1.165, 1.54) is 0 Å². The lowest BCUT2D eigenvalue weighted by atomic mass is 9.80. The molecule has 0 saturated carbocycles. The van der Waals surface area contributed by atoms with Crippen LogP contribution in [-0.4, -0.2) is 11.0 Å². The summed E-state index contributed by atoms with van der Waals surface area (Å²) in [7, 11) is 0. The molecule has 1 amide bonds. The Morgan fingerprint density at radius 2 is 1.83 bits per heavy atom. The summed E-state index contributed by atoms with van der Waals surface area (Å²) >= 11 is 0. The number of phenols is 1. The van der Waals surface area contributed by atoms with E-state index in [0.29, 0.717) is 18.9 Å². The Kier molecular flexibility index (Phi) is 4.76. The summed E-state index contributed by atoms with van der Waals surface area (Å²) in [5.74, 6) is 0.661. The summed E-state index contributed by atoms with van der Waals surface area (Å²) in [6, 6.07) is 6.87. The first-order chi connectivity index (χ1) is 8.29. The predicted octanol–water partition coefficient (Wildman–Crippen LogP) is 3.08. The first-order valence-corrected chi connectivity index (χ1v) is 6.33. The molecule has 0 fully saturated rings. The lowest BCUT2D eigenvalue weighted by Gasteiger charge is -2.26. The number of hydrogen-bond donors (Lipinski definition) is 2. The van der Waals surface area contributed by atoms with E-state index in [1.807, 2.05) is 12.1 Å². The molecular formula is C15H23NO2. The number of carbonyl (C=O) groups is 1. The summed E-state index contributed by atoms with van der Waals surface area (Å²) < 4.78 is 0. The van der Waals surface area contributed by atoms with Crippen LogP contribution in [0.5, 0.6) is 5.75 Å². The fourth-order valence-corrected chi connectivity index (χ4v) is 1.47. The topological polar surface area (TPSA) is 49.3 Å². The lowest BCUT2D eigenvalue weighted by molar-refractivity contribution is -0.122. The van der Waals surface area contributed by atoms with Gasteiger partial charge in [-0.25, -0.2) is 0 Å². The molecule has 2 N–H and O–H groups in total. The number of benzene rings is 1. The van der Waals surface area contributed by atoms with E-state index in [2.05, 4.69) is 33.0 Å². The molecule has 1 unspecified atom stereocenters. The van der Waals surface area contributed by atoms with Crippen LogP contribution in [0.4, 0.5) is 0 Å². The first-order valence-electron chi connectivity index (χ1n) is 6.33. The summed E-state index contributed by atoms with van der Waals surface area (Å²) in [6.45, 7) is 9.04. The van der Waals surface area contributed by atoms with Crippen molar-refractivity contribution >= 4 is 5.91 Å². The van der Waals surface area contributed by atoms with Crippen molar-refractivity contribution in [3.63, 3.8) is 0 Å². The van der Waals surface area contributed by atoms with E-state index in [4.69, 9.17) is 5.11 Å². The molecular weight excluding hydrogens is 226 g/mol. The van der Waals surface area contributed by atoms with Gasteiger partial charge < -0.3 is 10.4 Å². The third-order valence-electron chi connectivity index (χ3n) is 3.40. The standard InChI is InChI=1S/C15H23NO2/c1-11(15(2,3)4)9-14(18)16-10-12-5-7-13(17)8-6-12/h5-8,11,17H,9-10H2,1-4H3,(H,16,18). The number of rotatable bonds is 4. The predicted molar refractivity (Wildman–Crippen MR) is 73.2 cm³/mol. The van der Waals surface area contributed by atoms with E-state index in [1.54, 1.807) is 12.1 Å². The molecule has 3 nitrogen and oxygen atoms in total. The number of carbonyl (C=O) groups excluding carboxylic acids is 1. The lowest BCUT2D eigenvalue weighted by Crippen LogP contribution is -2.28. The van der Waals surface area contributed by atoms with Crippen LogP contribution in [0.3, 0.4) is 0 Å². The smallest absolute Gasteiger partial charge is 0.220 e. The van der Waals surface area contributed by atoms with Crippen molar-refractivity contribution in [2.75, 3.05) is 0 Å². The summed E-state index contributed by atoms with van der Waals surface area (Å²) in [4.78, 5) is 11.8. The number of phenolic OH excluding ortho intramolecular Hbond substituents is 1. The van der Waals surface area contributed by atoms with Crippen molar-refractivity contribution in [3.8, 4) is 5.75 Å². The molecule has 1 aromatic rings. The van der Waals surface area contributed by atoms with Gasteiger partial charge in [-0.15, -0.1) is 0 Å². The van der Waals surface area contributed by atoms with E-state index >= 15 is 0 Å². The molecule has 0 saturated heterocycles. The Bertz CT molecular complexity index is 390. The molecule has 18 heavy (non-hydrogen) atoms. The Balaban J connectivity index is 2.40. The second kappa shape index (κ2) is 5.89. The van der Waals surface area contributed by atoms with Crippen LogP contribution in [0.1, 0.15) is 39.7 Å². The van der Waals surface area contributed by atoms with E-state index in [-0.39, 0.29) is 17.1 Å². The summed E-state index contributed by atoms with van der Waals surface area (Å²) in [6.07, 6.45) is 0.543. The third kappa shape index (κ3) is 4.78. The quantitative estimate of drug-likeness (QED) is 0.861. The van der Waals surface area contributed by atoms with Crippen LogP contribution in [0.2, 0.25) is 0 Å². The molecule has 0 aliphatic rings. The van der Waals surface area contributed by atoms with Crippen molar-refractivity contribution in [1.82, 2.24) is 5.32 Å². The van der Waals surface area contributed by atoms with Crippen LogP contribution in [0, 0.1) is 11.3 Å². The van der Waals surface area contributed by atoms with Gasteiger partial charge in [0.25, 0.3) is 0 Å². The van der Waals surface area contributed by atoms with Crippen molar-refractivity contribution < 1.29 is 9.90 Å². The molecule has 0 aromatic heterocycles. The number of nitrogens with one attached hydrogen (secondary N) is 1. The SMILES string of the molecule is CC(CC(=O)NCc1ccc(O)cc1)C(C)(C)C. The third-order valence-corrected chi connectivity index (χ3v) is 3.40. The molecule has 1 aromatic carbocycles. The van der Waals surface area contributed by atoms with Crippen LogP contribution in [0.25, 0.3) is 0 Å². The average molecular weight is 249 g/mol. The van der Waals surface area contributed by atoms with Crippen LogP contribution in [0.15, 0.2) is 24.3 Å². The monoisotopic (exact) mass is 249 g/mol. The maximum absolute atomic E-state index is 11.8. The summed E-state index contributed by atoms with van der Waals surface area (Å²) in [5, 5.41) is 12.1. The highest BCUT2D eigenvalue weighted by molar-refractivity contribution is 5.76. The molecule has 0 aliphatic carbocycles. The molecule has 0 radical (unpaired) electrons. The molecule has 0 aliphatic heterocycles. The number of aromatic hydroxyl groups is 1. The van der Waals surface area contributed by atoms with Gasteiger partial charge in [-0.1, -0.05) is 39.8 Å². The van der Waals surface area contributed by atoms with Crippen LogP contribution < -0.4 is 5.32 Å². The largest absolute Gasteiger partial charge is 0.508 e. The highest BCUT2D eigenvalue weighted by atomic mass is 16.3. The Labute approximate surface area is 109 Å². The van der Waals surface area contributed by atoms with Crippen LogP contribution in [-0.2, 0) is 11.3 Å². The second-order valence-electron chi connectivity index (χ2n) is 5.91. The molecule has 1 atom stereocenters. The van der Waals surface area contributed by atoms with Gasteiger partial charge in [0.05, 0.1) is 0 Å². The van der Waals surface area contributed by atoms with Crippen molar-refractivity contribution in [2.45, 2.75) is 40.7 Å². The zero-order chi connectivity index (χ0) is 13.8. The fraction of sp³-hybridized carbons (Fsp3) is 0.533. The van der Waals surface area contributed by atoms with Gasteiger partial charge in [0, 0.05) is 13.0 Å². The second-order valence-corrected chi connectivity index (χ2v) is 5.91. The van der Waals surface area contributed by atoms with Crippen LogP contribution >= 0.6 is 0 Å². The van der Waals surface area contributed by atoms with Gasteiger partial charge in [-0.3, -0.25) is 4.79 Å². The Hall–Kier alpha value is -1.51. The van der Waals surface area contributed by atoms with Gasteiger partial charge in [0.1, 0.15) is 5.75 Å². The van der Waals surface area contributed by atoms with Gasteiger partial charge >= 0.3 is 0 Å². The molecule has 100 valence electrons. The highest BCUT2D eigenvalue weighted by Crippen LogP contribution is 2.27. The summed E-state index contributed by atoms with van der Waals surface area (Å²) in [5.41, 5.74) is 1.14. The Morgan fingerprint density at radius 3 is 2.33 bits per heavy atom. The highest BCUT2D eigenvalue weighted by Gasteiger charge is 2.22. The van der Waals surface area contributed by atoms with Gasteiger partial charge in [-0.05, 0) is 29.0 Å². The van der Waals surface area contributed by atoms with Crippen molar-refractivity contribution in [1.29, 1.82) is 0 Å². The van der Waals surface area contributed by atoms with E-state index in [9.17, 15) is 4.79 Å². The minimum Gasteiger partial charge on any atom is -0.508 e. The zero-order valence-electron chi connectivity index (χ0n) is 11.7. The number of hydrogen-bond acceptors (Lipinski definition) is 2. The van der Waals surface area contributed by atoms with Crippen molar-refractivity contribution in [2.24, 2.45) is 11.3 Å².